The summed E-state index contributed by atoms with van der Waals surface area (Å²) in [5, 5.41) is 3.74. The zero-order valence-corrected chi connectivity index (χ0v) is 13.1. The first-order valence-corrected chi connectivity index (χ1v) is 7.63. The van der Waals surface area contributed by atoms with E-state index in [1.807, 2.05) is 6.08 Å². The second kappa shape index (κ2) is 6.55. The van der Waals surface area contributed by atoms with Crippen LogP contribution in [-0.4, -0.2) is 36.6 Å². The molecule has 110 valence electrons. The average molecular weight is 272 g/mol. The van der Waals surface area contributed by atoms with E-state index in [4.69, 9.17) is 0 Å². The van der Waals surface area contributed by atoms with Gasteiger partial charge in [0.05, 0.1) is 0 Å². The van der Waals surface area contributed by atoms with E-state index in [-0.39, 0.29) is 0 Å². The molecule has 20 heavy (non-hydrogen) atoms. The van der Waals surface area contributed by atoms with Crippen LogP contribution in [0.15, 0.2) is 43.0 Å². The molecule has 2 unspecified atom stereocenters. The van der Waals surface area contributed by atoms with Crippen LogP contribution in [0.4, 0.5) is 0 Å². The van der Waals surface area contributed by atoms with Gasteiger partial charge in [0, 0.05) is 31.7 Å². The van der Waals surface area contributed by atoms with Crippen LogP contribution in [0.2, 0.25) is 0 Å². The fourth-order valence-corrected chi connectivity index (χ4v) is 3.14. The lowest BCUT2D eigenvalue weighted by molar-refractivity contribution is 0.0660. The van der Waals surface area contributed by atoms with Crippen molar-refractivity contribution in [1.29, 1.82) is 0 Å². The zero-order chi connectivity index (χ0) is 14.6. The number of benzene rings is 1. The molecule has 0 bridgehead atoms. The summed E-state index contributed by atoms with van der Waals surface area (Å²) in [5.74, 6) is 0. The second-order valence-corrected chi connectivity index (χ2v) is 6.92. The Hall–Kier alpha value is -1.12. The van der Waals surface area contributed by atoms with Crippen LogP contribution in [-0.2, 0) is 6.42 Å². The smallest absolute Gasteiger partial charge is 0.0273 e. The van der Waals surface area contributed by atoms with E-state index in [0.717, 1.165) is 26.1 Å². The van der Waals surface area contributed by atoms with E-state index in [2.05, 4.69) is 67.9 Å². The van der Waals surface area contributed by atoms with Crippen LogP contribution >= 0.6 is 0 Å². The first-order valence-electron chi connectivity index (χ1n) is 7.63. The van der Waals surface area contributed by atoms with Crippen molar-refractivity contribution in [1.82, 2.24) is 10.2 Å². The van der Waals surface area contributed by atoms with E-state index in [1.54, 1.807) is 0 Å². The summed E-state index contributed by atoms with van der Waals surface area (Å²) in [4.78, 5) is 2.58. The van der Waals surface area contributed by atoms with Gasteiger partial charge in [-0.05, 0) is 17.4 Å². The van der Waals surface area contributed by atoms with Crippen molar-refractivity contribution in [3.63, 3.8) is 0 Å². The standard InChI is InChI=1S/C18H28N2/c1-5-11-20-14-16(12-15-9-7-6-8-10-15)19-13-17(20)18(2,3)4/h5-10,16-17,19H,1,11-14H2,2-4H3. The Morgan fingerprint density at radius 3 is 2.60 bits per heavy atom. The Morgan fingerprint density at radius 2 is 2.00 bits per heavy atom. The first-order chi connectivity index (χ1) is 9.50. The number of piperazine rings is 1. The molecule has 0 saturated carbocycles. The van der Waals surface area contributed by atoms with Gasteiger partial charge in [-0.3, -0.25) is 4.90 Å². The maximum atomic E-state index is 3.92. The van der Waals surface area contributed by atoms with Crippen LogP contribution < -0.4 is 5.32 Å². The lowest BCUT2D eigenvalue weighted by Crippen LogP contribution is -2.60. The van der Waals surface area contributed by atoms with Crippen LogP contribution in [0.25, 0.3) is 0 Å². The van der Waals surface area contributed by atoms with Crippen LogP contribution in [0, 0.1) is 5.41 Å². The van der Waals surface area contributed by atoms with Crippen molar-refractivity contribution >= 4 is 0 Å². The minimum atomic E-state index is 0.299. The Bertz CT molecular complexity index is 419. The third-order valence-electron chi connectivity index (χ3n) is 4.18. The molecule has 2 atom stereocenters. The van der Waals surface area contributed by atoms with Gasteiger partial charge in [0.2, 0.25) is 0 Å². The number of rotatable bonds is 4. The minimum Gasteiger partial charge on any atom is -0.311 e. The average Bonchev–Trinajstić information content (AvgIpc) is 2.39. The lowest BCUT2D eigenvalue weighted by Gasteiger charge is -2.46. The van der Waals surface area contributed by atoms with Gasteiger partial charge in [-0.25, -0.2) is 0 Å². The van der Waals surface area contributed by atoms with Crippen LogP contribution in [0.3, 0.4) is 0 Å². The van der Waals surface area contributed by atoms with E-state index < -0.39 is 0 Å². The lowest BCUT2D eigenvalue weighted by atomic mass is 9.83. The fourth-order valence-electron chi connectivity index (χ4n) is 3.14. The monoisotopic (exact) mass is 272 g/mol. The van der Waals surface area contributed by atoms with Gasteiger partial charge in [-0.15, -0.1) is 6.58 Å². The highest BCUT2D eigenvalue weighted by atomic mass is 15.2. The molecule has 2 rings (SSSR count). The molecule has 0 spiro atoms. The number of hydrogen-bond acceptors (Lipinski definition) is 2. The quantitative estimate of drug-likeness (QED) is 0.847. The summed E-state index contributed by atoms with van der Waals surface area (Å²) in [6.45, 7) is 14.0. The molecule has 1 aromatic rings. The summed E-state index contributed by atoms with van der Waals surface area (Å²) in [6, 6.07) is 11.9. The van der Waals surface area contributed by atoms with Gasteiger partial charge in [0.15, 0.2) is 0 Å². The highest BCUT2D eigenvalue weighted by Crippen LogP contribution is 2.26. The van der Waals surface area contributed by atoms with Gasteiger partial charge in [0.25, 0.3) is 0 Å². The summed E-state index contributed by atoms with van der Waals surface area (Å²) in [7, 11) is 0. The highest BCUT2D eigenvalue weighted by molar-refractivity contribution is 5.16. The molecule has 2 heteroatoms. The van der Waals surface area contributed by atoms with Crippen LogP contribution in [0.5, 0.6) is 0 Å². The third-order valence-corrected chi connectivity index (χ3v) is 4.18. The van der Waals surface area contributed by atoms with Crippen LogP contribution in [0.1, 0.15) is 26.3 Å². The van der Waals surface area contributed by atoms with E-state index in [0.29, 0.717) is 17.5 Å². The zero-order valence-electron chi connectivity index (χ0n) is 13.1. The third kappa shape index (κ3) is 3.94. The van der Waals surface area contributed by atoms with Crippen molar-refractivity contribution in [3.05, 3.63) is 48.6 Å². The van der Waals surface area contributed by atoms with E-state index >= 15 is 0 Å². The maximum Gasteiger partial charge on any atom is 0.0273 e. The minimum absolute atomic E-state index is 0.299. The Labute approximate surface area is 123 Å². The summed E-state index contributed by atoms with van der Waals surface area (Å²) >= 11 is 0. The highest BCUT2D eigenvalue weighted by Gasteiger charge is 2.34. The Balaban J connectivity index is 2.01. The molecular formula is C18H28N2. The summed E-state index contributed by atoms with van der Waals surface area (Å²) in [5.41, 5.74) is 1.71. The molecule has 1 fully saturated rings. The molecule has 1 aliphatic heterocycles. The van der Waals surface area contributed by atoms with Crippen molar-refractivity contribution in [2.45, 2.75) is 39.3 Å². The number of nitrogens with one attached hydrogen (secondary N) is 1. The van der Waals surface area contributed by atoms with Crippen molar-refractivity contribution in [2.75, 3.05) is 19.6 Å². The van der Waals surface area contributed by atoms with Gasteiger partial charge >= 0.3 is 0 Å². The Kier molecular flexibility index (Phi) is 5.00. The number of nitrogens with zero attached hydrogens (tertiary/aromatic N) is 1. The molecule has 1 N–H and O–H groups in total. The van der Waals surface area contributed by atoms with Gasteiger partial charge in [-0.1, -0.05) is 57.2 Å². The van der Waals surface area contributed by atoms with E-state index in [1.165, 1.54) is 5.56 Å². The molecule has 0 aromatic heterocycles. The molecule has 1 saturated heterocycles. The van der Waals surface area contributed by atoms with Crippen molar-refractivity contribution < 1.29 is 0 Å². The fraction of sp³-hybridized carbons (Fsp3) is 0.556. The SMILES string of the molecule is C=CCN1CC(Cc2ccccc2)NCC1C(C)(C)C. The predicted molar refractivity (Wildman–Crippen MR) is 86.9 cm³/mol. The summed E-state index contributed by atoms with van der Waals surface area (Å²) < 4.78 is 0. The van der Waals surface area contributed by atoms with Crippen molar-refractivity contribution in [3.8, 4) is 0 Å². The molecule has 2 nitrogen and oxygen atoms in total. The molecule has 0 aliphatic carbocycles. The maximum absolute atomic E-state index is 3.92. The molecule has 1 heterocycles. The molecule has 0 radical (unpaired) electrons. The molecule has 1 aromatic carbocycles. The van der Waals surface area contributed by atoms with Gasteiger partial charge in [-0.2, -0.15) is 0 Å². The normalized spacial score (nSPS) is 24.6. The first kappa shape index (κ1) is 15.3. The van der Waals surface area contributed by atoms with E-state index in [9.17, 15) is 0 Å². The van der Waals surface area contributed by atoms with Gasteiger partial charge in [0.1, 0.15) is 0 Å². The molecular weight excluding hydrogens is 244 g/mol. The largest absolute Gasteiger partial charge is 0.311 e. The second-order valence-electron chi connectivity index (χ2n) is 6.92. The molecule has 0 amide bonds. The topological polar surface area (TPSA) is 15.3 Å². The number of hydrogen-bond donors (Lipinski definition) is 1. The molecule has 1 aliphatic rings. The summed E-state index contributed by atoms with van der Waals surface area (Å²) in [6.07, 6.45) is 3.13. The van der Waals surface area contributed by atoms with Gasteiger partial charge < -0.3 is 5.32 Å². The van der Waals surface area contributed by atoms with Crippen molar-refractivity contribution in [2.24, 2.45) is 5.41 Å². The predicted octanol–water partition coefficient (Wildman–Crippen LogP) is 3.10. The Morgan fingerprint density at radius 1 is 1.30 bits per heavy atom.